The van der Waals surface area contributed by atoms with E-state index in [2.05, 4.69) is 30.9 Å². The lowest BCUT2D eigenvalue weighted by atomic mass is 10.1. The molecule has 0 bridgehead atoms. The zero-order chi connectivity index (χ0) is 19.2. The third-order valence-electron chi connectivity index (χ3n) is 4.02. The highest BCUT2D eigenvalue weighted by atomic mass is 16.2. The maximum atomic E-state index is 12.1. The second-order valence-electron chi connectivity index (χ2n) is 6.03. The van der Waals surface area contributed by atoms with Gasteiger partial charge in [-0.25, -0.2) is 5.43 Å². The Morgan fingerprint density at radius 3 is 2.64 bits per heavy atom. The number of carbonyl (C=O) groups is 1. The van der Waals surface area contributed by atoms with E-state index < -0.39 is 0 Å². The number of nitrogens with zero attached hydrogens (tertiary/aromatic N) is 5. The van der Waals surface area contributed by atoms with Gasteiger partial charge in [0.15, 0.2) is 0 Å². The average Bonchev–Trinajstić information content (AvgIpc) is 3.41. The molecule has 2 aromatic carbocycles. The van der Waals surface area contributed by atoms with Gasteiger partial charge in [0.05, 0.1) is 18.5 Å². The summed E-state index contributed by atoms with van der Waals surface area (Å²) in [7, 11) is 0. The molecule has 0 radical (unpaired) electrons. The van der Waals surface area contributed by atoms with Gasteiger partial charge < -0.3 is 4.98 Å². The molecule has 0 saturated carbocycles. The number of carbonyl (C=O) groups excluding carboxylic acids is 1. The molecular weight excluding hydrogens is 354 g/mol. The number of hydrogen-bond acceptors (Lipinski definition) is 5. The van der Waals surface area contributed by atoms with E-state index in [1.807, 2.05) is 54.6 Å². The SMILES string of the molecule is O=C(N/N=C/c1ccc[nH]1)c1ccc(Cn2nnc(-c3ccccc3)n2)cc1. The molecule has 0 aliphatic heterocycles. The Morgan fingerprint density at radius 1 is 1.07 bits per heavy atom. The number of H-pyrrole nitrogens is 1. The average molecular weight is 371 g/mol. The van der Waals surface area contributed by atoms with E-state index in [0.29, 0.717) is 17.9 Å². The van der Waals surface area contributed by atoms with Crippen molar-refractivity contribution in [2.24, 2.45) is 5.10 Å². The Kier molecular flexibility index (Phi) is 5.01. The molecule has 0 aliphatic rings. The number of rotatable bonds is 6. The lowest BCUT2D eigenvalue weighted by Crippen LogP contribution is -2.17. The number of nitrogens with one attached hydrogen (secondary N) is 2. The molecule has 4 aromatic rings. The molecule has 28 heavy (non-hydrogen) atoms. The van der Waals surface area contributed by atoms with Crippen LogP contribution in [0.25, 0.3) is 11.4 Å². The summed E-state index contributed by atoms with van der Waals surface area (Å²) in [6.45, 7) is 0.465. The Hall–Kier alpha value is -4.07. The van der Waals surface area contributed by atoms with Gasteiger partial charge in [0, 0.05) is 17.3 Å². The first-order valence-corrected chi connectivity index (χ1v) is 8.67. The summed E-state index contributed by atoms with van der Waals surface area (Å²) in [5.41, 5.74) is 5.71. The first-order chi connectivity index (χ1) is 13.8. The van der Waals surface area contributed by atoms with Gasteiger partial charge in [-0.1, -0.05) is 42.5 Å². The quantitative estimate of drug-likeness (QED) is 0.402. The van der Waals surface area contributed by atoms with Gasteiger partial charge in [-0.05, 0) is 35.0 Å². The number of hydrazone groups is 1. The molecule has 1 amide bonds. The molecule has 0 atom stereocenters. The van der Waals surface area contributed by atoms with Gasteiger partial charge >= 0.3 is 0 Å². The van der Waals surface area contributed by atoms with Gasteiger partial charge in [0.2, 0.25) is 5.82 Å². The van der Waals surface area contributed by atoms with Gasteiger partial charge in [0.1, 0.15) is 0 Å². The number of aromatic nitrogens is 5. The van der Waals surface area contributed by atoms with Crippen LogP contribution in [0.5, 0.6) is 0 Å². The van der Waals surface area contributed by atoms with Crippen molar-refractivity contribution in [3.63, 3.8) is 0 Å². The summed E-state index contributed by atoms with van der Waals surface area (Å²) in [5, 5.41) is 16.5. The molecule has 2 N–H and O–H groups in total. The molecule has 2 aromatic heterocycles. The number of amides is 1. The van der Waals surface area contributed by atoms with Crippen molar-refractivity contribution >= 4 is 12.1 Å². The van der Waals surface area contributed by atoms with Crippen LogP contribution in [-0.4, -0.2) is 37.3 Å². The molecule has 0 saturated heterocycles. The van der Waals surface area contributed by atoms with E-state index in [1.54, 1.807) is 24.5 Å². The first-order valence-electron chi connectivity index (χ1n) is 8.67. The van der Waals surface area contributed by atoms with E-state index in [-0.39, 0.29) is 5.91 Å². The van der Waals surface area contributed by atoms with E-state index in [0.717, 1.165) is 16.8 Å². The summed E-state index contributed by atoms with van der Waals surface area (Å²) in [6, 6.07) is 20.6. The predicted molar refractivity (Wildman–Crippen MR) is 105 cm³/mol. The monoisotopic (exact) mass is 371 g/mol. The van der Waals surface area contributed by atoms with Crippen molar-refractivity contribution in [2.45, 2.75) is 6.54 Å². The van der Waals surface area contributed by atoms with Gasteiger partial charge in [-0.2, -0.15) is 9.90 Å². The number of hydrogen-bond donors (Lipinski definition) is 2. The largest absolute Gasteiger partial charge is 0.360 e. The lowest BCUT2D eigenvalue weighted by molar-refractivity contribution is 0.0955. The molecule has 2 heterocycles. The standard InChI is InChI=1S/C20H17N7O/c28-20(24-22-13-18-7-4-12-21-18)17-10-8-15(9-11-17)14-27-25-19(23-26-27)16-5-2-1-3-6-16/h1-13,21H,14H2,(H,24,28)/b22-13+. The van der Waals surface area contributed by atoms with Crippen LogP contribution in [0.1, 0.15) is 21.6 Å². The number of benzene rings is 2. The summed E-state index contributed by atoms with van der Waals surface area (Å²) in [5.74, 6) is 0.302. The Morgan fingerprint density at radius 2 is 1.89 bits per heavy atom. The molecule has 4 rings (SSSR count). The van der Waals surface area contributed by atoms with E-state index in [4.69, 9.17) is 0 Å². The molecule has 0 unspecified atom stereocenters. The summed E-state index contributed by atoms with van der Waals surface area (Å²) < 4.78 is 0. The van der Waals surface area contributed by atoms with Crippen molar-refractivity contribution in [3.8, 4) is 11.4 Å². The van der Waals surface area contributed by atoms with E-state index in [1.165, 1.54) is 4.80 Å². The van der Waals surface area contributed by atoms with Crippen LogP contribution >= 0.6 is 0 Å². The smallest absolute Gasteiger partial charge is 0.271 e. The number of tetrazole rings is 1. The second-order valence-corrected chi connectivity index (χ2v) is 6.03. The van der Waals surface area contributed by atoms with Crippen LogP contribution in [0.4, 0.5) is 0 Å². The molecule has 0 aliphatic carbocycles. The molecule has 8 heteroatoms. The first kappa shape index (κ1) is 17.3. The van der Waals surface area contributed by atoms with Crippen molar-refractivity contribution in [1.29, 1.82) is 0 Å². The highest BCUT2D eigenvalue weighted by Crippen LogP contribution is 2.12. The third kappa shape index (κ3) is 4.18. The normalized spacial score (nSPS) is 11.0. The van der Waals surface area contributed by atoms with Crippen molar-refractivity contribution in [3.05, 3.63) is 89.7 Å². The minimum absolute atomic E-state index is 0.278. The van der Waals surface area contributed by atoms with Gasteiger partial charge in [-0.3, -0.25) is 4.79 Å². The fourth-order valence-corrected chi connectivity index (χ4v) is 2.59. The third-order valence-corrected chi connectivity index (χ3v) is 4.02. The molecule has 8 nitrogen and oxygen atoms in total. The van der Waals surface area contributed by atoms with Crippen LogP contribution < -0.4 is 5.43 Å². The maximum absolute atomic E-state index is 12.1. The van der Waals surface area contributed by atoms with Crippen molar-refractivity contribution < 1.29 is 4.79 Å². The topological polar surface area (TPSA) is 101 Å². The van der Waals surface area contributed by atoms with Crippen molar-refractivity contribution in [1.82, 2.24) is 30.6 Å². The Labute approximate surface area is 160 Å². The molecule has 0 spiro atoms. The van der Waals surface area contributed by atoms with Crippen LogP contribution in [0.3, 0.4) is 0 Å². The van der Waals surface area contributed by atoms with E-state index in [9.17, 15) is 4.79 Å². The minimum Gasteiger partial charge on any atom is -0.360 e. The van der Waals surface area contributed by atoms with Crippen LogP contribution in [0, 0.1) is 0 Å². The summed E-state index contributed by atoms with van der Waals surface area (Å²) >= 11 is 0. The van der Waals surface area contributed by atoms with E-state index >= 15 is 0 Å². The molecular formula is C20H17N7O. The Bertz CT molecular complexity index is 1070. The van der Waals surface area contributed by atoms with Crippen LogP contribution in [-0.2, 0) is 6.54 Å². The second kappa shape index (κ2) is 8.09. The van der Waals surface area contributed by atoms with Crippen LogP contribution in [0.2, 0.25) is 0 Å². The summed E-state index contributed by atoms with van der Waals surface area (Å²) in [6.07, 6.45) is 3.33. The highest BCUT2D eigenvalue weighted by molar-refractivity contribution is 5.94. The molecule has 138 valence electrons. The lowest BCUT2D eigenvalue weighted by Gasteiger charge is -2.03. The number of aromatic amines is 1. The Balaban J connectivity index is 1.37. The van der Waals surface area contributed by atoms with Crippen molar-refractivity contribution in [2.75, 3.05) is 0 Å². The van der Waals surface area contributed by atoms with Crippen LogP contribution in [0.15, 0.2) is 78.0 Å². The van der Waals surface area contributed by atoms with Gasteiger partial charge in [0.25, 0.3) is 5.91 Å². The fraction of sp³-hybridized carbons (Fsp3) is 0.0500. The minimum atomic E-state index is -0.278. The van der Waals surface area contributed by atoms with Gasteiger partial charge in [-0.15, -0.1) is 10.2 Å². The summed E-state index contributed by atoms with van der Waals surface area (Å²) in [4.78, 5) is 16.6. The highest BCUT2D eigenvalue weighted by Gasteiger charge is 2.07. The maximum Gasteiger partial charge on any atom is 0.271 e. The zero-order valence-electron chi connectivity index (χ0n) is 14.9. The predicted octanol–water partition coefficient (Wildman–Crippen LogP) is 2.48. The fourth-order valence-electron chi connectivity index (χ4n) is 2.59. The zero-order valence-corrected chi connectivity index (χ0v) is 14.9. The molecule has 0 fully saturated rings.